The molecule has 3 N–H and O–H groups in total. The number of aliphatic hydroxyl groups excluding tert-OH is 1. The highest BCUT2D eigenvalue weighted by Gasteiger charge is 2.22. The Labute approximate surface area is 138 Å². The van der Waals surface area contributed by atoms with Gasteiger partial charge in [0.05, 0.1) is 12.3 Å². The van der Waals surface area contributed by atoms with Crippen LogP contribution in [0.15, 0.2) is 12.3 Å². The molecule has 0 radical (unpaired) electrons. The van der Waals surface area contributed by atoms with Gasteiger partial charge in [-0.3, -0.25) is 5.32 Å². The smallest absolute Gasteiger partial charge is 0.320 e. The van der Waals surface area contributed by atoms with E-state index < -0.39 is 0 Å². The van der Waals surface area contributed by atoms with Crippen molar-refractivity contribution in [2.75, 3.05) is 11.9 Å². The van der Waals surface area contributed by atoms with Crippen LogP contribution in [0.5, 0.6) is 0 Å². The number of carbonyl (C=O) groups is 1. The number of hydrogen-bond acceptors (Lipinski definition) is 3. The molecule has 1 aromatic rings. The van der Waals surface area contributed by atoms with E-state index in [9.17, 15) is 9.90 Å². The molecule has 23 heavy (non-hydrogen) atoms. The summed E-state index contributed by atoms with van der Waals surface area (Å²) >= 11 is 0. The minimum absolute atomic E-state index is 0.150. The van der Waals surface area contributed by atoms with Gasteiger partial charge in [0.2, 0.25) is 0 Å². The fourth-order valence-corrected chi connectivity index (χ4v) is 3.18. The van der Waals surface area contributed by atoms with Crippen LogP contribution in [0.3, 0.4) is 0 Å². The molecule has 0 bridgehead atoms. The molecule has 130 valence electrons. The SMILES string of the molecule is CC(C)Cn1nccc1NC(=O)NCCCC1CCCCC1O. The van der Waals surface area contributed by atoms with Crippen LogP contribution in [0, 0.1) is 11.8 Å². The molecule has 1 aliphatic carbocycles. The second-order valence-corrected chi connectivity index (χ2v) is 6.93. The van der Waals surface area contributed by atoms with E-state index in [4.69, 9.17) is 0 Å². The minimum Gasteiger partial charge on any atom is -0.393 e. The van der Waals surface area contributed by atoms with Crippen molar-refractivity contribution in [1.29, 1.82) is 0 Å². The molecule has 0 aliphatic heterocycles. The lowest BCUT2D eigenvalue weighted by Gasteiger charge is -2.27. The number of carbonyl (C=O) groups excluding carboxylic acids is 1. The highest BCUT2D eigenvalue weighted by atomic mass is 16.3. The van der Waals surface area contributed by atoms with Crippen molar-refractivity contribution in [3.63, 3.8) is 0 Å². The maximum absolute atomic E-state index is 12.0. The van der Waals surface area contributed by atoms with Crippen molar-refractivity contribution < 1.29 is 9.90 Å². The Morgan fingerprint density at radius 1 is 1.43 bits per heavy atom. The predicted molar refractivity (Wildman–Crippen MR) is 91.3 cm³/mol. The molecule has 2 atom stereocenters. The van der Waals surface area contributed by atoms with Crippen molar-refractivity contribution in [3.8, 4) is 0 Å². The number of rotatable bonds is 7. The third kappa shape index (κ3) is 5.86. The largest absolute Gasteiger partial charge is 0.393 e. The van der Waals surface area contributed by atoms with Crippen LogP contribution in [0.4, 0.5) is 10.6 Å². The van der Waals surface area contributed by atoms with E-state index in [0.717, 1.165) is 44.5 Å². The monoisotopic (exact) mass is 322 g/mol. The van der Waals surface area contributed by atoms with E-state index in [2.05, 4.69) is 29.6 Å². The van der Waals surface area contributed by atoms with Gasteiger partial charge in [-0.2, -0.15) is 5.10 Å². The van der Waals surface area contributed by atoms with E-state index in [-0.39, 0.29) is 12.1 Å². The fraction of sp³-hybridized carbons (Fsp3) is 0.765. The molecular weight excluding hydrogens is 292 g/mol. The Morgan fingerprint density at radius 2 is 2.22 bits per heavy atom. The summed E-state index contributed by atoms with van der Waals surface area (Å²) in [4.78, 5) is 12.0. The van der Waals surface area contributed by atoms with Gasteiger partial charge >= 0.3 is 6.03 Å². The third-order valence-electron chi connectivity index (χ3n) is 4.40. The average Bonchev–Trinajstić information content (AvgIpc) is 2.91. The van der Waals surface area contributed by atoms with Gasteiger partial charge in [-0.25, -0.2) is 9.48 Å². The summed E-state index contributed by atoms with van der Waals surface area (Å²) in [5, 5.41) is 19.9. The van der Waals surface area contributed by atoms with Crippen LogP contribution in [0.1, 0.15) is 52.4 Å². The van der Waals surface area contributed by atoms with Gasteiger partial charge in [-0.1, -0.05) is 26.7 Å². The van der Waals surface area contributed by atoms with E-state index in [0.29, 0.717) is 18.4 Å². The summed E-state index contributed by atoms with van der Waals surface area (Å²) in [5.41, 5.74) is 0. The van der Waals surface area contributed by atoms with E-state index >= 15 is 0 Å². The molecular formula is C17H30N4O2. The lowest BCUT2D eigenvalue weighted by molar-refractivity contribution is 0.0644. The number of nitrogens with zero attached hydrogens (tertiary/aromatic N) is 2. The molecule has 0 spiro atoms. The third-order valence-corrected chi connectivity index (χ3v) is 4.40. The van der Waals surface area contributed by atoms with Crippen LogP contribution >= 0.6 is 0 Å². The summed E-state index contributed by atoms with van der Waals surface area (Å²) in [6.45, 7) is 5.64. The highest BCUT2D eigenvalue weighted by molar-refractivity contribution is 5.88. The second kappa shape index (κ2) is 8.91. The van der Waals surface area contributed by atoms with E-state index in [1.807, 2.05) is 4.68 Å². The molecule has 1 aromatic heterocycles. The van der Waals surface area contributed by atoms with Gasteiger partial charge in [0.15, 0.2) is 0 Å². The maximum atomic E-state index is 12.0. The first-order chi connectivity index (χ1) is 11.1. The Bertz CT molecular complexity index is 487. The fourth-order valence-electron chi connectivity index (χ4n) is 3.18. The zero-order valence-corrected chi connectivity index (χ0v) is 14.3. The topological polar surface area (TPSA) is 79.2 Å². The van der Waals surface area contributed by atoms with Crippen LogP contribution < -0.4 is 10.6 Å². The Balaban J connectivity index is 1.66. The molecule has 1 heterocycles. The molecule has 6 heteroatoms. The molecule has 1 saturated carbocycles. The van der Waals surface area contributed by atoms with Gasteiger partial charge in [0.25, 0.3) is 0 Å². The van der Waals surface area contributed by atoms with Gasteiger partial charge in [0, 0.05) is 19.2 Å². The van der Waals surface area contributed by atoms with Crippen LogP contribution in [0.25, 0.3) is 0 Å². The molecule has 1 aliphatic rings. The van der Waals surface area contributed by atoms with Crippen molar-refractivity contribution in [3.05, 3.63) is 12.3 Å². The highest BCUT2D eigenvalue weighted by Crippen LogP contribution is 2.27. The van der Waals surface area contributed by atoms with Crippen molar-refractivity contribution in [2.45, 2.75) is 65.0 Å². The normalized spacial score (nSPS) is 21.4. The summed E-state index contributed by atoms with van der Waals surface area (Å²) in [6, 6.07) is 1.61. The van der Waals surface area contributed by atoms with Gasteiger partial charge in [-0.05, 0) is 37.5 Å². The molecule has 2 rings (SSSR count). The number of anilines is 1. The van der Waals surface area contributed by atoms with Crippen molar-refractivity contribution in [2.24, 2.45) is 11.8 Å². The minimum atomic E-state index is -0.195. The molecule has 2 unspecified atom stereocenters. The van der Waals surface area contributed by atoms with Crippen molar-refractivity contribution in [1.82, 2.24) is 15.1 Å². The average molecular weight is 322 g/mol. The van der Waals surface area contributed by atoms with Gasteiger partial charge in [0.1, 0.15) is 5.82 Å². The number of aromatic nitrogens is 2. The zero-order chi connectivity index (χ0) is 16.7. The first kappa shape index (κ1) is 17.8. The molecule has 6 nitrogen and oxygen atoms in total. The summed E-state index contributed by atoms with van der Waals surface area (Å²) in [5.74, 6) is 1.60. The first-order valence-corrected chi connectivity index (χ1v) is 8.81. The van der Waals surface area contributed by atoms with Crippen LogP contribution in [0.2, 0.25) is 0 Å². The molecule has 0 aromatic carbocycles. The lowest BCUT2D eigenvalue weighted by Crippen LogP contribution is -2.31. The Morgan fingerprint density at radius 3 is 2.96 bits per heavy atom. The molecule has 0 saturated heterocycles. The molecule has 1 fully saturated rings. The first-order valence-electron chi connectivity index (χ1n) is 8.81. The zero-order valence-electron chi connectivity index (χ0n) is 14.3. The summed E-state index contributed by atoms with van der Waals surface area (Å²) in [6.07, 6.45) is 7.83. The van der Waals surface area contributed by atoms with Crippen LogP contribution in [-0.4, -0.2) is 33.6 Å². The number of hydrogen-bond donors (Lipinski definition) is 3. The predicted octanol–water partition coefficient (Wildman–Crippen LogP) is 2.99. The molecule has 2 amide bonds. The standard InChI is InChI=1S/C17H30N4O2/c1-13(2)12-21-16(9-11-19-21)20-17(23)18-10-5-7-14-6-3-4-8-15(14)22/h9,11,13-15,22H,3-8,10,12H2,1-2H3,(H2,18,20,23). The lowest BCUT2D eigenvalue weighted by atomic mass is 9.83. The van der Waals surface area contributed by atoms with E-state index in [1.54, 1.807) is 12.3 Å². The second-order valence-electron chi connectivity index (χ2n) is 6.93. The summed E-state index contributed by atoms with van der Waals surface area (Å²) in [7, 11) is 0. The number of aliphatic hydroxyl groups is 1. The Hall–Kier alpha value is -1.56. The summed E-state index contributed by atoms with van der Waals surface area (Å²) < 4.78 is 1.81. The maximum Gasteiger partial charge on any atom is 0.320 e. The quantitative estimate of drug-likeness (QED) is 0.675. The Kier molecular flexibility index (Phi) is 6.89. The number of amides is 2. The van der Waals surface area contributed by atoms with E-state index in [1.165, 1.54) is 6.42 Å². The van der Waals surface area contributed by atoms with Crippen molar-refractivity contribution >= 4 is 11.8 Å². The number of urea groups is 1. The van der Waals surface area contributed by atoms with Gasteiger partial charge < -0.3 is 10.4 Å². The van der Waals surface area contributed by atoms with Gasteiger partial charge in [-0.15, -0.1) is 0 Å². The number of nitrogens with one attached hydrogen (secondary N) is 2. The van der Waals surface area contributed by atoms with Crippen LogP contribution in [-0.2, 0) is 6.54 Å².